The quantitative estimate of drug-likeness (QED) is 0.697. The highest BCUT2D eigenvalue weighted by Crippen LogP contribution is 2.35. The highest BCUT2D eigenvalue weighted by molar-refractivity contribution is 4.87. The maximum Gasteiger partial charge on any atom is 0.00528 e. The molecule has 0 amide bonds. The lowest BCUT2D eigenvalue weighted by atomic mass is 9.79. The van der Waals surface area contributed by atoms with Crippen LogP contribution in [-0.4, -0.2) is 37.6 Å². The first-order valence-corrected chi connectivity index (χ1v) is 8.02. The second kappa shape index (κ2) is 8.16. The zero-order valence-corrected chi connectivity index (χ0v) is 13.1. The smallest absolute Gasteiger partial charge is 0.00528 e. The second-order valence-corrected chi connectivity index (χ2v) is 6.51. The Labute approximate surface area is 115 Å². The first-order chi connectivity index (χ1) is 8.63. The second-order valence-electron chi connectivity index (χ2n) is 6.51. The molecule has 0 bridgehead atoms. The van der Waals surface area contributed by atoms with Gasteiger partial charge in [0.15, 0.2) is 0 Å². The number of hydrogen-bond donors (Lipinski definition) is 1. The van der Waals surface area contributed by atoms with Crippen molar-refractivity contribution in [3.8, 4) is 0 Å². The van der Waals surface area contributed by atoms with Gasteiger partial charge in [0.05, 0.1) is 0 Å². The highest BCUT2D eigenvalue weighted by atomic mass is 15.2. The number of nitrogens with one attached hydrogen (secondary N) is 1. The van der Waals surface area contributed by atoms with E-state index in [4.69, 9.17) is 0 Å². The van der Waals surface area contributed by atoms with E-state index in [0.29, 0.717) is 11.5 Å². The van der Waals surface area contributed by atoms with Crippen molar-refractivity contribution < 1.29 is 0 Å². The van der Waals surface area contributed by atoms with Gasteiger partial charge in [0.1, 0.15) is 0 Å². The van der Waals surface area contributed by atoms with E-state index >= 15 is 0 Å². The lowest BCUT2D eigenvalue weighted by molar-refractivity contribution is 0.105. The van der Waals surface area contributed by atoms with Gasteiger partial charge in [-0.05, 0) is 52.1 Å². The number of hydrogen-bond acceptors (Lipinski definition) is 2. The molecule has 0 aromatic carbocycles. The molecular weight excluding hydrogens is 220 g/mol. The third kappa shape index (κ3) is 4.89. The van der Waals surface area contributed by atoms with Crippen molar-refractivity contribution in [2.24, 2.45) is 5.41 Å². The molecule has 2 nitrogen and oxygen atoms in total. The molecule has 0 aromatic heterocycles. The van der Waals surface area contributed by atoms with Crippen LogP contribution in [0.15, 0.2) is 0 Å². The molecule has 1 fully saturated rings. The summed E-state index contributed by atoms with van der Waals surface area (Å²) >= 11 is 0. The van der Waals surface area contributed by atoms with E-state index in [1.807, 2.05) is 0 Å². The highest BCUT2D eigenvalue weighted by Gasteiger charge is 2.32. The molecular formula is C16H34N2. The summed E-state index contributed by atoms with van der Waals surface area (Å²) in [7, 11) is 2.12. The Bertz CT molecular complexity index is 205. The summed E-state index contributed by atoms with van der Waals surface area (Å²) in [5.41, 5.74) is 0.532. The Balaban J connectivity index is 2.68. The Morgan fingerprint density at radius 2 is 1.72 bits per heavy atom. The predicted molar refractivity (Wildman–Crippen MR) is 81.1 cm³/mol. The van der Waals surface area contributed by atoms with Crippen LogP contribution in [0.4, 0.5) is 0 Å². The van der Waals surface area contributed by atoms with E-state index in [2.05, 4.69) is 38.0 Å². The van der Waals surface area contributed by atoms with Crippen LogP contribution < -0.4 is 5.32 Å². The first kappa shape index (κ1) is 16.0. The predicted octanol–water partition coefficient (Wildman–Crippen LogP) is 3.67. The summed E-state index contributed by atoms with van der Waals surface area (Å²) in [4.78, 5) is 2.70. The van der Waals surface area contributed by atoms with Gasteiger partial charge in [0, 0.05) is 19.1 Å². The van der Waals surface area contributed by atoms with E-state index in [0.717, 1.165) is 0 Å². The van der Waals surface area contributed by atoms with Gasteiger partial charge in [-0.15, -0.1) is 0 Å². The van der Waals surface area contributed by atoms with Gasteiger partial charge in [-0.25, -0.2) is 0 Å². The van der Waals surface area contributed by atoms with E-state index in [9.17, 15) is 0 Å². The summed E-state index contributed by atoms with van der Waals surface area (Å²) < 4.78 is 0. The third-order valence-electron chi connectivity index (χ3n) is 4.50. The average molecular weight is 254 g/mol. The monoisotopic (exact) mass is 254 g/mol. The molecule has 1 aliphatic rings. The minimum Gasteiger partial charge on any atom is -0.319 e. The SMILES string of the molecule is CCCN(CC1(CNC)CCCCCC1)C(C)C. The largest absolute Gasteiger partial charge is 0.319 e. The molecule has 0 spiro atoms. The summed E-state index contributed by atoms with van der Waals surface area (Å²) in [5.74, 6) is 0. The summed E-state index contributed by atoms with van der Waals surface area (Å²) in [6.45, 7) is 10.7. The molecule has 18 heavy (non-hydrogen) atoms. The first-order valence-electron chi connectivity index (χ1n) is 8.02. The fraction of sp³-hybridized carbons (Fsp3) is 1.00. The molecule has 1 aliphatic carbocycles. The van der Waals surface area contributed by atoms with E-state index in [1.54, 1.807) is 0 Å². The van der Waals surface area contributed by atoms with Gasteiger partial charge in [0.25, 0.3) is 0 Å². The zero-order chi connectivity index (χ0) is 13.4. The molecule has 0 radical (unpaired) electrons. The molecule has 1 rings (SSSR count). The van der Waals surface area contributed by atoms with Crippen LogP contribution in [0.25, 0.3) is 0 Å². The van der Waals surface area contributed by atoms with Gasteiger partial charge >= 0.3 is 0 Å². The third-order valence-corrected chi connectivity index (χ3v) is 4.50. The number of nitrogens with zero attached hydrogens (tertiary/aromatic N) is 1. The normalized spacial score (nSPS) is 20.3. The molecule has 0 aliphatic heterocycles. The molecule has 0 atom stereocenters. The van der Waals surface area contributed by atoms with Crippen LogP contribution in [0.3, 0.4) is 0 Å². The zero-order valence-electron chi connectivity index (χ0n) is 13.1. The maximum absolute atomic E-state index is 3.47. The minimum absolute atomic E-state index is 0.532. The molecule has 0 aromatic rings. The van der Waals surface area contributed by atoms with Crippen LogP contribution in [0, 0.1) is 5.41 Å². The van der Waals surface area contributed by atoms with Crippen LogP contribution in [-0.2, 0) is 0 Å². The van der Waals surface area contributed by atoms with Crippen LogP contribution >= 0.6 is 0 Å². The lowest BCUT2D eigenvalue weighted by Gasteiger charge is -2.40. The fourth-order valence-electron chi connectivity index (χ4n) is 3.48. The standard InChI is InChI=1S/C16H34N2/c1-5-12-18(15(2)3)14-16(13-17-4)10-8-6-7-9-11-16/h15,17H,5-14H2,1-4H3. The minimum atomic E-state index is 0.532. The van der Waals surface area contributed by atoms with Crippen molar-refractivity contribution >= 4 is 0 Å². The van der Waals surface area contributed by atoms with E-state index in [1.165, 1.54) is 64.6 Å². The Morgan fingerprint density at radius 1 is 1.11 bits per heavy atom. The van der Waals surface area contributed by atoms with E-state index < -0.39 is 0 Å². The summed E-state index contributed by atoms with van der Waals surface area (Å²) in [5, 5.41) is 3.47. The number of rotatable bonds is 7. The van der Waals surface area contributed by atoms with Gasteiger partial charge in [-0.2, -0.15) is 0 Å². The van der Waals surface area contributed by atoms with Gasteiger partial charge in [-0.3, -0.25) is 0 Å². The molecule has 0 unspecified atom stereocenters. The summed E-state index contributed by atoms with van der Waals surface area (Å²) in [6.07, 6.45) is 9.86. The van der Waals surface area contributed by atoms with Crippen molar-refractivity contribution in [2.75, 3.05) is 26.7 Å². The van der Waals surface area contributed by atoms with Crippen molar-refractivity contribution in [3.05, 3.63) is 0 Å². The molecule has 1 N–H and O–H groups in total. The van der Waals surface area contributed by atoms with Crippen molar-refractivity contribution in [2.45, 2.75) is 71.8 Å². The fourth-order valence-corrected chi connectivity index (χ4v) is 3.48. The van der Waals surface area contributed by atoms with Gasteiger partial charge in [-0.1, -0.05) is 32.6 Å². The van der Waals surface area contributed by atoms with Crippen molar-refractivity contribution in [1.29, 1.82) is 0 Å². The van der Waals surface area contributed by atoms with Crippen molar-refractivity contribution in [1.82, 2.24) is 10.2 Å². The lowest BCUT2D eigenvalue weighted by Crippen LogP contribution is -2.46. The van der Waals surface area contributed by atoms with Crippen LogP contribution in [0.1, 0.15) is 65.7 Å². The molecule has 108 valence electrons. The van der Waals surface area contributed by atoms with Crippen LogP contribution in [0.2, 0.25) is 0 Å². The van der Waals surface area contributed by atoms with Gasteiger partial charge < -0.3 is 10.2 Å². The summed E-state index contributed by atoms with van der Waals surface area (Å²) in [6, 6.07) is 0.682. The van der Waals surface area contributed by atoms with Crippen molar-refractivity contribution in [3.63, 3.8) is 0 Å². The maximum atomic E-state index is 3.47. The van der Waals surface area contributed by atoms with E-state index in [-0.39, 0.29) is 0 Å². The Hall–Kier alpha value is -0.0800. The average Bonchev–Trinajstić information content (AvgIpc) is 2.55. The van der Waals surface area contributed by atoms with Gasteiger partial charge in [0.2, 0.25) is 0 Å². The molecule has 0 heterocycles. The molecule has 0 saturated heterocycles. The topological polar surface area (TPSA) is 15.3 Å². The van der Waals surface area contributed by atoms with Crippen LogP contribution in [0.5, 0.6) is 0 Å². The Kier molecular flexibility index (Phi) is 7.25. The molecule has 1 saturated carbocycles. The Morgan fingerprint density at radius 3 is 2.17 bits per heavy atom. The molecule has 2 heteroatoms.